The smallest absolute Gasteiger partial charge is 0.407 e. The highest BCUT2D eigenvalue weighted by atomic mass is 16.5. The first kappa shape index (κ1) is 24.8. The van der Waals surface area contributed by atoms with Crippen molar-refractivity contribution in [3.8, 4) is 11.1 Å². The summed E-state index contributed by atoms with van der Waals surface area (Å²) in [6, 6.07) is 15.5. The van der Waals surface area contributed by atoms with E-state index in [4.69, 9.17) is 4.74 Å². The zero-order chi connectivity index (χ0) is 25.1. The number of ether oxygens (including phenoxy) is 1. The fourth-order valence-electron chi connectivity index (χ4n) is 5.41. The number of aliphatic carboxylic acids is 1. The van der Waals surface area contributed by atoms with Gasteiger partial charge in [0.05, 0.1) is 5.92 Å². The number of likely N-dealkylation sites (tertiary alicyclic amines) is 1. The zero-order valence-corrected chi connectivity index (χ0v) is 20.6. The maximum Gasteiger partial charge on any atom is 0.407 e. The van der Waals surface area contributed by atoms with E-state index in [1.165, 1.54) is 0 Å². The summed E-state index contributed by atoms with van der Waals surface area (Å²) in [6.45, 7) is 6.75. The number of fused-ring (bicyclic) bond motifs is 3. The zero-order valence-electron chi connectivity index (χ0n) is 20.6. The lowest BCUT2D eigenvalue weighted by Crippen LogP contribution is -2.54. The van der Waals surface area contributed by atoms with E-state index in [2.05, 4.69) is 29.6 Å². The molecule has 35 heavy (non-hydrogen) atoms. The van der Waals surface area contributed by atoms with Crippen molar-refractivity contribution < 1.29 is 24.2 Å². The lowest BCUT2D eigenvalue weighted by molar-refractivity contribution is -0.147. The topological polar surface area (TPSA) is 95.9 Å². The van der Waals surface area contributed by atoms with E-state index in [9.17, 15) is 19.5 Å². The Hall–Kier alpha value is -3.35. The molecule has 0 bridgehead atoms. The van der Waals surface area contributed by atoms with Crippen LogP contribution in [0.15, 0.2) is 48.5 Å². The first-order chi connectivity index (χ1) is 16.7. The summed E-state index contributed by atoms with van der Waals surface area (Å²) in [5.41, 5.74) is 4.55. The van der Waals surface area contributed by atoms with Gasteiger partial charge in [-0.2, -0.15) is 0 Å². The molecule has 0 saturated carbocycles. The largest absolute Gasteiger partial charge is 0.481 e. The number of carboxylic acids is 1. The number of carbonyl (C=O) groups is 3. The number of amides is 2. The molecule has 2 unspecified atom stereocenters. The van der Waals surface area contributed by atoms with Gasteiger partial charge in [-0.3, -0.25) is 9.59 Å². The van der Waals surface area contributed by atoms with E-state index < -0.39 is 24.0 Å². The standard InChI is InChI=1S/C28H34N2O5/c1-17(2)12-25(26(31)30-14-18(3)13-19(15-30)27(32)33)29-28(34)35-16-24-22-10-6-4-8-20(22)21-9-5-7-11-23(21)24/h4-11,17-19,24-25H,12-16H2,1-3H3,(H,29,34)(H,32,33)/t18?,19?,25-/m0/s1. The second-order valence-electron chi connectivity index (χ2n) is 10.3. The molecule has 7 heteroatoms. The van der Waals surface area contributed by atoms with Gasteiger partial charge in [0.25, 0.3) is 0 Å². The molecule has 1 heterocycles. The number of hydrogen-bond donors (Lipinski definition) is 2. The second kappa shape index (κ2) is 10.5. The summed E-state index contributed by atoms with van der Waals surface area (Å²) in [7, 11) is 0. The van der Waals surface area contributed by atoms with Crippen LogP contribution in [0.2, 0.25) is 0 Å². The molecule has 4 rings (SSSR count). The summed E-state index contributed by atoms with van der Waals surface area (Å²) >= 11 is 0. The van der Waals surface area contributed by atoms with Gasteiger partial charge in [-0.15, -0.1) is 0 Å². The van der Waals surface area contributed by atoms with Gasteiger partial charge in [-0.25, -0.2) is 4.79 Å². The third-order valence-corrected chi connectivity index (χ3v) is 6.96. The molecule has 1 aliphatic carbocycles. The first-order valence-electron chi connectivity index (χ1n) is 12.4. The Morgan fingerprint density at radius 3 is 2.20 bits per heavy atom. The summed E-state index contributed by atoms with van der Waals surface area (Å²) < 4.78 is 5.65. The number of hydrogen-bond acceptors (Lipinski definition) is 4. The number of piperidine rings is 1. The van der Waals surface area contributed by atoms with Gasteiger partial charge in [0, 0.05) is 19.0 Å². The van der Waals surface area contributed by atoms with Gasteiger partial charge in [-0.1, -0.05) is 69.3 Å². The van der Waals surface area contributed by atoms with Gasteiger partial charge in [-0.05, 0) is 46.9 Å². The van der Waals surface area contributed by atoms with Gasteiger partial charge in [0.15, 0.2) is 0 Å². The molecule has 2 aromatic carbocycles. The van der Waals surface area contributed by atoms with Crippen LogP contribution in [-0.4, -0.2) is 53.7 Å². The van der Waals surface area contributed by atoms with Crippen molar-refractivity contribution in [2.45, 2.75) is 45.6 Å². The fraction of sp³-hybridized carbons (Fsp3) is 0.464. The summed E-state index contributed by atoms with van der Waals surface area (Å²) in [6.07, 6.45) is 0.366. The third kappa shape index (κ3) is 5.50. The van der Waals surface area contributed by atoms with Crippen LogP contribution in [0.3, 0.4) is 0 Å². The number of carbonyl (C=O) groups excluding carboxylic acids is 2. The van der Waals surface area contributed by atoms with E-state index in [0.717, 1.165) is 22.3 Å². The SMILES string of the molecule is CC(C)C[C@H](NC(=O)OCC1c2ccccc2-c2ccccc21)C(=O)N1CC(C)CC(C(=O)O)C1. The average Bonchev–Trinajstić information content (AvgIpc) is 3.15. The van der Waals surface area contributed by atoms with Gasteiger partial charge < -0.3 is 20.1 Å². The third-order valence-electron chi connectivity index (χ3n) is 6.96. The molecule has 0 radical (unpaired) electrons. The Kier molecular flexibility index (Phi) is 7.43. The molecular weight excluding hydrogens is 444 g/mol. The van der Waals surface area contributed by atoms with E-state index >= 15 is 0 Å². The molecule has 2 N–H and O–H groups in total. The number of rotatable bonds is 7. The second-order valence-corrected chi connectivity index (χ2v) is 10.3. The lowest BCUT2D eigenvalue weighted by atomic mass is 9.89. The van der Waals surface area contributed by atoms with Crippen LogP contribution < -0.4 is 5.32 Å². The fourth-order valence-corrected chi connectivity index (χ4v) is 5.41. The Bertz CT molecular complexity index is 1050. The lowest BCUT2D eigenvalue weighted by Gasteiger charge is -2.37. The van der Waals surface area contributed by atoms with Crippen LogP contribution in [0.25, 0.3) is 11.1 Å². The first-order valence-corrected chi connectivity index (χ1v) is 12.4. The van der Waals surface area contributed by atoms with Crippen LogP contribution in [0.5, 0.6) is 0 Å². The minimum absolute atomic E-state index is 0.0633. The Morgan fingerprint density at radius 2 is 1.63 bits per heavy atom. The van der Waals surface area contributed by atoms with Crippen molar-refractivity contribution in [2.75, 3.05) is 19.7 Å². The van der Waals surface area contributed by atoms with Crippen LogP contribution in [0.1, 0.15) is 50.7 Å². The van der Waals surface area contributed by atoms with Crippen LogP contribution in [-0.2, 0) is 14.3 Å². The van der Waals surface area contributed by atoms with Crippen molar-refractivity contribution >= 4 is 18.0 Å². The predicted molar refractivity (Wildman–Crippen MR) is 133 cm³/mol. The highest BCUT2D eigenvalue weighted by molar-refractivity contribution is 5.86. The quantitative estimate of drug-likeness (QED) is 0.611. The molecule has 1 saturated heterocycles. The molecule has 2 amide bonds. The normalized spacial score (nSPS) is 20.2. The number of carboxylic acid groups (broad SMARTS) is 1. The molecule has 1 fully saturated rings. The predicted octanol–water partition coefficient (Wildman–Crippen LogP) is 4.51. The maximum absolute atomic E-state index is 13.3. The summed E-state index contributed by atoms with van der Waals surface area (Å²) in [5, 5.41) is 12.2. The molecule has 0 aromatic heterocycles. The minimum atomic E-state index is -0.890. The summed E-state index contributed by atoms with van der Waals surface area (Å²) in [4.78, 5) is 39.3. The van der Waals surface area contributed by atoms with E-state index in [1.807, 2.05) is 45.0 Å². The van der Waals surface area contributed by atoms with Crippen LogP contribution >= 0.6 is 0 Å². The molecule has 2 aliphatic rings. The minimum Gasteiger partial charge on any atom is -0.481 e. The Balaban J connectivity index is 1.43. The summed E-state index contributed by atoms with van der Waals surface area (Å²) in [5.74, 6) is -1.54. The van der Waals surface area contributed by atoms with Gasteiger partial charge in [0.1, 0.15) is 12.6 Å². The molecule has 186 valence electrons. The molecule has 2 aromatic rings. The Labute approximate surface area is 206 Å². The molecule has 7 nitrogen and oxygen atoms in total. The van der Waals surface area contributed by atoms with E-state index in [1.54, 1.807) is 4.90 Å². The molecule has 1 aliphatic heterocycles. The number of benzene rings is 2. The van der Waals surface area contributed by atoms with Gasteiger partial charge >= 0.3 is 12.1 Å². The highest BCUT2D eigenvalue weighted by Gasteiger charge is 2.36. The van der Waals surface area contributed by atoms with Crippen LogP contribution in [0, 0.1) is 17.8 Å². The molecular formula is C28H34N2O5. The number of nitrogens with one attached hydrogen (secondary N) is 1. The van der Waals surface area contributed by atoms with Crippen molar-refractivity contribution in [1.82, 2.24) is 10.2 Å². The molecule has 0 spiro atoms. The Morgan fingerprint density at radius 1 is 1.03 bits per heavy atom. The van der Waals surface area contributed by atoms with Crippen molar-refractivity contribution in [3.05, 3.63) is 59.7 Å². The van der Waals surface area contributed by atoms with Crippen molar-refractivity contribution in [2.24, 2.45) is 17.8 Å². The van der Waals surface area contributed by atoms with Crippen LogP contribution in [0.4, 0.5) is 4.79 Å². The number of nitrogens with zero attached hydrogens (tertiary/aromatic N) is 1. The van der Waals surface area contributed by atoms with Crippen molar-refractivity contribution in [3.63, 3.8) is 0 Å². The van der Waals surface area contributed by atoms with Gasteiger partial charge in [0.2, 0.25) is 5.91 Å². The highest BCUT2D eigenvalue weighted by Crippen LogP contribution is 2.44. The monoisotopic (exact) mass is 478 g/mol. The van der Waals surface area contributed by atoms with E-state index in [0.29, 0.717) is 19.4 Å². The van der Waals surface area contributed by atoms with Crippen molar-refractivity contribution in [1.29, 1.82) is 0 Å². The average molecular weight is 479 g/mol. The number of alkyl carbamates (subject to hydrolysis) is 1. The van der Waals surface area contributed by atoms with E-state index in [-0.39, 0.29) is 36.8 Å². The maximum atomic E-state index is 13.3. The molecule has 3 atom stereocenters.